The summed E-state index contributed by atoms with van der Waals surface area (Å²) in [7, 11) is -4.62. The van der Waals surface area contributed by atoms with Crippen LogP contribution in [0.15, 0.2) is 29.2 Å². The average Bonchev–Trinajstić information content (AvgIpc) is 3.03. The molecule has 2 aliphatic heterocycles. The molecule has 0 atom stereocenters. The highest BCUT2D eigenvalue weighted by atomic mass is 35.5. The number of nitrogens with zero attached hydrogens (tertiary/aromatic N) is 1. The number of rotatable bonds is 3. The fraction of sp³-hybridized carbons (Fsp3) is 0.562. The summed E-state index contributed by atoms with van der Waals surface area (Å²) < 4.78 is 47.9. The van der Waals surface area contributed by atoms with Crippen molar-refractivity contribution in [2.45, 2.75) is 29.9 Å². The van der Waals surface area contributed by atoms with Gasteiger partial charge in [-0.05, 0) is 55.5 Å². The summed E-state index contributed by atoms with van der Waals surface area (Å²) in [5, 5.41) is 3.37. The van der Waals surface area contributed by atoms with E-state index < -0.39 is 20.5 Å². The van der Waals surface area contributed by atoms with E-state index in [1.807, 2.05) is 0 Å². The van der Waals surface area contributed by atoms with Crippen molar-refractivity contribution >= 4 is 28.2 Å². The first-order valence-electron chi connectivity index (χ1n) is 7.96. The molecule has 2 fully saturated rings. The van der Waals surface area contributed by atoms with Gasteiger partial charge in [0, 0.05) is 25.2 Å². The normalized spacial score (nSPS) is 19.9. The van der Waals surface area contributed by atoms with Crippen LogP contribution in [0.4, 0.5) is 8.78 Å². The first-order valence-corrected chi connectivity index (χ1v) is 9.51. The molecule has 1 N–H and O–H groups in total. The predicted octanol–water partition coefficient (Wildman–Crippen LogP) is 2.32. The molecule has 0 bridgehead atoms. The van der Waals surface area contributed by atoms with Gasteiger partial charge in [-0.1, -0.05) is 0 Å². The second kappa shape index (κ2) is 7.55. The van der Waals surface area contributed by atoms with Gasteiger partial charge in [-0.2, -0.15) is 8.78 Å². The van der Waals surface area contributed by atoms with Crippen molar-refractivity contribution in [3.63, 3.8) is 0 Å². The number of amides is 1. The van der Waals surface area contributed by atoms with Gasteiger partial charge >= 0.3 is 5.76 Å². The Kier molecular flexibility index (Phi) is 6.06. The van der Waals surface area contributed by atoms with Gasteiger partial charge in [0.25, 0.3) is 5.91 Å². The molecule has 2 saturated heterocycles. The maximum absolute atomic E-state index is 12.5. The number of alkyl halides is 2. The number of nitrogens with one attached hydrogen (secondary N) is 1. The summed E-state index contributed by atoms with van der Waals surface area (Å²) in [6.45, 7) is 3.35. The number of piperidine rings is 1. The van der Waals surface area contributed by atoms with Crippen LogP contribution in [0, 0.1) is 5.41 Å². The van der Waals surface area contributed by atoms with Gasteiger partial charge in [0.2, 0.25) is 9.84 Å². The lowest BCUT2D eigenvalue weighted by Gasteiger charge is -2.38. The minimum atomic E-state index is -4.62. The lowest BCUT2D eigenvalue weighted by molar-refractivity contribution is 0.0607. The van der Waals surface area contributed by atoms with Gasteiger partial charge in [0.05, 0.1) is 4.90 Å². The van der Waals surface area contributed by atoms with Crippen LogP contribution >= 0.6 is 12.4 Å². The Hall–Kier alpha value is -1.25. The van der Waals surface area contributed by atoms with E-state index in [9.17, 15) is 22.0 Å². The maximum Gasteiger partial charge on any atom is 0.341 e. The fourth-order valence-electron chi connectivity index (χ4n) is 3.48. The highest BCUT2D eigenvalue weighted by Gasteiger charge is 2.38. The average molecular weight is 395 g/mol. The van der Waals surface area contributed by atoms with E-state index in [4.69, 9.17) is 0 Å². The van der Waals surface area contributed by atoms with Crippen LogP contribution in [0.1, 0.15) is 29.6 Å². The zero-order valence-corrected chi connectivity index (χ0v) is 15.2. The summed E-state index contributed by atoms with van der Waals surface area (Å²) in [4.78, 5) is 13.8. The molecule has 3 rings (SSSR count). The minimum Gasteiger partial charge on any atom is -0.339 e. The number of hydrogen-bond acceptors (Lipinski definition) is 4. The van der Waals surface area contributed by atoms with Crippen LogP contribution in [-0.4, -0.2) is 51.2 Å². The molecule has 2 aliphatic rings. The minimum absolute atomic E-state index is 0. The molecule has 1 aromatic rings. The summed E-state index contributed by atoms with van der Waals surface area (Å²) in [5.74, 6) is -3.64. The molecule has 9 heteroatoms. The van der Waals surface area contributed by atoms with Crippen molar-refractivity contribution in [1.29, 1.82) is 0 Å². The Bertz CT molecular complexity index is 709. The number of benzene rings is 1. The van der Waals surface area contributed by atoms with Gasteiger partial charge < -0.3 is 10.2 Å². The number of carbonyl (C=O) groups is 1. The summed E-state index contributed by atoms with van der Waals surface area (Å²) >= 11 is 0. The third-order valence-corrected chi connectivity index (χ3v) is 6.51. The highest BCUT2D eigenvalue weighted by molar-refractivity contribution is 7.91. The zero-order chi connectivity index (χ0) is 17.4. The maximum atomic E-state index is 12.5. The molecule has 5 nitrogen and oxygen atoms in total. The molecule has 1 aromatic carbocycles. The molecule has 0 unspecified atom stereocenters. The summed E-state index contributed by atoms with van der Waals surface area (Å²) in [5.41, 5.74) is 0.620. The molecule has 0 saturated carbocycles. The molecule has 25 heavy (non-hydrogen) atoms. The van der Waals surface area contributed by atoms with E-state index in [1.165, 1.54) is 12.1 Å². The second-order valence-electron chi connectivity index (χ2n) is 6.55. The van der Waals surface area contributed by atoms with E-state index in [-0.39, 0.29) is 18.3 Å². The van der Waals surface area contributed by atoms with E-state index in [0.29, 0.717) is 24.1 Å². The third-order valence-electron chi connectivity index (χ3n) is 5.11. The van der Waals surface area contributed by atoms with Crippen LogP contribution in [0.2, 0.25) is 0 Å². The number of carbonyl (C=O) groups excluding carboxylic acids is 1. The van der Waals surface area contributed by atoms with Gasteiger partial charge in [-0.15, -0.1) is 12.4 Å². The van der Waals surface area contributed by atoms with E-state index in [1.54, 1.807) is 4.90 Å². The summed E-state index contributed by atoms with van der Waals surface area (Å²) in [6.07, 6.45) is 3.03. The molecule has 0 aliphatic carbocycles. The number of sulfone groups is 1. The molecule has 1 spiro atoms. The summed E-state index contributed by atoms with van der Waals surface area (Å²) in [6, 6.07) is 4.75. The second-order valence-corrected chi connectivity index (χ2v) is 8.47. The van der Waals surface area contributed by atoms with Gasteiger partial charge in [0.1, 0.15) is 0 Å². The first kappa shape index (κ1) is 20.1. The molecule has 1 amide bonds. The number of hydrogen-bond donors (Lipinski definition) is 1. The van der Waals surface area contributed by atoms with Crippen molar-refractivity contribution in [3.05, 3.63) is 29.8 Å². The number of halogens is 3. The lowest BCUT2D eigenvalue weighted by Crippen LogP contribution is -2.44. The van der Waals surface area contributed by atoms with Crippen molar-refractivity contribution in [2.24, 2.45) is 5.41 Å². The molecular weight excluding hydrogens is 374 g/mol. The Morgan fingerprint density at radius 2 is 1.72 bits per heavy atom. The highest BCUT2D eigenvalue weighted by Crippen LogP contribution is 2.37. The van der Waals surface area contributed by atoms with Crippen LogP contribution in [0.3, 0.4) is 0 Å². The van der Waals surface area contributed by atoms with Crippen molar-refractivity contribution in [3.8, 4) is 0 Å². The first-order chi connectivity index (χ1) is 11.3. The SMILES string of the molecule is Cl.O=C(c1ccc(S(=O)(=O)C(F)F)cc1)N1CCC2(CCNC2)CC1. The standard InChI is InChI=1S/C16H20F2N2O3S.ClH/c17-15(18)24(22,23)13-3-1-12(2-4-13)14(21)20-9-6-16(7-10-20)5-8-19-11-16;/h1-4,15,19H,5-11H2;1H. The monoisotopic (exact) mass is 394 g/mol. The molecule has 140 valence electrons. The molecule has 2 heterocycles. The van der Waals surface area contributed by atoms with E-state index in [2.05, 4.69) is 5.32 Å². The van der Waals surface area contributed by atoms with E-state index >= 15 is 0 Å². The topological polar surface area (TPSA) is 66.5 Å². The van der Waals surface area contributed by atoms with Crippen LogP contribution < -0.4 is 5.32 Å². The fourth-order valence-corrected chi connectivity index (χ4v) is 4.20. The van der Waals surface area contributed by atoms with Gasteiger partial charge in [-0.25, -0.2) is 8.42 Å². The lowest BCUT2D eigenvalue weighted by atomic mass is 9.78. The Labute approximate surface area is 152 Å². The smallest absolute Gasteiger partial charge is 0.339 e. The van der Waals surface area contributed by atoms with Gasteiger partial charge in [0.15, 0.2) is 0 Å². The molecule has 0 aromatic heterocycles. The van der Waals surface area contributed by atoms with Crippen molar-refractivity contribution in [2.75, 3.05) is 26.2 Å². The van der Waals surface area contributed by atoms with Crippen molar-refractivity contribution in [1.82, 2.24) is 10.2 Å². The molecule has 0 radical (unpaired) electrons. The third kappa shape index (κ3) is 3.96. The van der Waals surface area contributed by atoms with Crippen LogP contribution in [0.5, 0.6) is 0 Å². The van der Waals surface area contributed by atoms with Crippen LogP contribution in [0.25, 0.3) is 0 Å². The van der Waals surface area contributed by atoms with Crippen LogP contribution in [-0.2, 0) is 9.84 Å². The van der Waals surface area contributed by atoms with E-state index in [0.717, 1.165) is 44.5 Å². The Morgan fingerprint density at radius 1 is 1.12 bits per heavy atom. The Morgan fingerprint density at radius 3 is 2.20 bits per heavy atom. The largest absolute Gasteiger partial charge is 0.341 e. The zero-order valence-electron chi connectivity index (χ0n) is 13.6. The molecular formula is C16H21ClF2N2O3S. The Balaban J connectivity index is 0.00000225. The van der Waals surface area contributed by atoms with Gasteiger partial charge in [-0.3, -0.25) is 4.79 Å². The quantitative estimate of drug-likeness (QED) is 0.854. The predicted molar refractivity (Wildman–Crippen MR) is 91.9 cm³/mol. The number of likely N-dealkylation sites (tertiary alicyclic amines) is 1. The van der Waals surface area contributed by atoms with Crippen molar-refractivity contribution < 1.29 is 22.0 Å².